The molecule has 7 N–H and O–H groups in total. The Morgan fingerprint density at radius 2 is 1.97 bits per heavy atom. The van der Waals surface area contributed by atoms with Gasteiger partial charge in [0, 0.05) is 22.8 Å². The van der Waals surface area contributed by atoms with E-state index in [1.165, 1.54) is 12.1 Å². The van der Waals surface area contributed by atoms with Gasteiger partial charge in [-0.2, -0.15) is 0 Å². The van der Waals surface area contributed by atoms with Gasteiger partial charge in [-0.1, -0.05) is 28.1 Å². The largest absolute Gasteiger partial charge is 0.488 e. The number of amides is 3. The minimum atomic E-state index is -0.696. The van der Waals surface area contributed by atoms with Gasteiger partial charge < -0.3 is 31.8 Å². The van der Waals surface area contributed by atoms with Gasteiger partial charge in [0.25, 0.3) is 11.5 Å². The topological polar surface area (TPSA) is 165 Å². The van der Waals surface area contributed by atoms with E-state index in [0.717, 1.165) is 10.0 Å². The van der Waals surface area contributed by atoms with Crippen molar-refractivity contribution in [1.82, 2.24) is 15.3 Å². The third-order valence-corrected chi connectivity index (χ3v) is 4.75. The fourth-order valence-corrected chi connectivity index (χ4v) is 3.25. The quantitative estimate of drug-likeness (QED) is 0.317. The van der Waals surface area contributed by atoms with Gasteiger partial charge in [0.1, 0.15) is 18.2 Å². The predicted molar refractivity (Wildman–Crippen MR) is 122 cm³/mol. The highest BCUT2D eigenvalue weighted by Crippen LogP contribution is 2.24. The van der Waals surface area contributed by atoms with E-state index in [2.05, 4.69) is 36.5 Å². The molecule has 0 saturated heterocycles. The number of anilines is 1. The van der Waals surface area contributed by atoms with Crippen molar-refractivity contribution in [2.75, 3.05) is 5.32 Å². The summed E-state index contributed by atoms with van der Waals surface area (Å²) in [5.41, 5.74) is 12.4. The standard InChI is InChI=1S/C21H21BrN6O4/c22-13-3-1-2-12(6-13)11-32-17-5-4-14(7-16(17)20(24)30)27-21(31)25-10-18-26-15(9-23)8-19(29)28-18/h1-8H,9-11,23H2,(H2,24,30)(H2,25,27,31)(H,26,28,29). The van der Waals surface area contributed by atoms with Crippen LogP contribution in [0.5, 0.6) is 5.75 Å². The van der Waals surface area contributed by atoms with E-state index in [9.17, 15) is 14.4 Å². The second kappa shape index (κ2) is 10.6. The summed E-state index contributed by atoms with van der Waals surface area (Å²) in [4.78, 5) is 42.3. The smallest absolute Gasteiger partial charge is 0.319 e. The zero-order chi connectivity index (χ0) is 23.1. The number of carbonyl (C=O) groups is 2. The van der Waals surface area contributed by atoms with E-state index >= 15 is 0 Å². The van der Waals surface area contributed by atoms with E-state index in [1.54, 1.807) is 12.1 Å². The molecular weight excluding hydrogens is 480 g/mol. The first-order valence-electron chi connectivity index (χ1n) is 9.49. The SMILES string of the molecule is NCc1cc(=O)[nH]c(CNC(=O)Nc2ccc(OCc3cccc(Br)c3)c(C(N)=O)c2)n1. The fourth-order valence-electron chi connectivity index (χ4n) is 2.80. The molecule has 166 valence electrons. The van der Waals surface area contributed by atoms with Crippen LogP contribution in [0.2, 0.25) is 0 Å². The first-order valence-corrected chi connectivity index (χ1v) is 10.3. The van der Waals surface area contributed by atoms with Crippen LogP contribution in [0.25, 0.3) is 0 Å². The summed E-state index contributed by atoms with van der Waals surface area (Å²) in [6.45, 7) is 0.320. The molecule has 0 unspecified atom stereocenters. The molecule has 0 aliphatic heterocycles. The normalized spacial score (nSPS) is 10.4. The molecule has 3 aromatic rings. The number of ether oxygens (including phenoxy) is 1. The summed E-state index contributed by atoms with van der Waals surface area (Å²) in [6.07, 6.45) is 0. The maximum atomic E-state index is 12.2. The number of nitrogens with zero attached hydrogens (tertiary/aromatic N) is 1. The van der Waals surface area contributed by atoms with Crippen LogP contribution >= 0.6 is 15.9 Å². The molecular formula is C21H21BrN6O4. The van der Waals surface area contributed by atoms with Crippen molar-refractivity contribution in [3.8, 4) is 5.75 Å². The van der Waals surface area contributed by atoms with Crippen LogP contribution in [-0.4, -0.2) is 21.9 Å². The van der Waals surface area contributed by atoms with Crippen LogP contribution in [0, 0.1) is 0 Å². The zero-order valence-corrected chi connectivity index (χ0v) is 18.4. The van der Waals surface area contributed by atoms with Crippen LogP contribution in [-0.2, 0) is 19.7 Å². The fraction of sp³-hybridized carbons (Fsp3) is 0.143. The van der Waals surface area contributed by atoms with E-state index in [4.69, 9.17) is 16.2 Å². The molecule has 3 rings (SSSR count). The van der Waals surface area contributed by atoms with Crippen molar-refractivity contribution in [2.24, 2.45) is 11.5 Å². The molecule has 0 aliphatic rings. The van der Waals surface area contributed by atoms with Crippen LogP contribution in [0.3, 0.4) is 0 Å². The van der Waals surface area contributed by atoms with E-state index < -0.39 is 11.9 Å². The molecule has 3 amide bonds. The highest BCUT2D eigenvalue weighted by molar-refractivity contribution is 9.10. The molecule has 2 aromatic carbocycles. The number of benzene rings is 2. The first-order chi connectivity index (χ1) is 15.3. The number of primary amides is 1. The molecule has 0 saturated carbocycles. The molecule has 1 heterocycles. The second-order valence-electron chi connectivity index (χ2n) is 6.69. The van der Waals surface area contributed by atoms with Crippen molar-refractivity contribution >= 4 is 33.6 Å². The lowest BCUT2D eigenvalue weighted by Crippen LogP contribution is -2.30. The van der Waals surface area contributed by atoms with Crippen LogP contribution in [0.4, 0.5) is 10.5 Å². The lowest BCUT2D eigenvalue weighted by atomic mass is 10.1. The summed E-state index contributed by atoms with van der Waals surface area (Å²) in [5.74, 6) is -0.135. The number of nitrogens with two attached hydrogens (primary N) is 2. The lowest BCUT2D eigenvalue weighted by molar-refractivity contribution is 0.0996. The number of rotatable bonds is 8. The summed E-state index contributed by atoms with van der Waals surface area (Å²) >= 11 is 3.39. The average molecular weight is 501 g/mol. The minimum Gasteiger partial charge on any atom is -0.488 e. The number of hydrogen-bond acceptors (Lipinski definition) is 6. The van der Waals surface area contributed by atoms with E-state index in [1.807, 2.05) is 24.3 Å². The number of aromatic amines is 1. The van der Waals surface area contributed by atoms with Gasteiger partial charge >= 0.3 is 6.03 Å². The molecule has 11 heteroatoms. The Morgan fingerprint density at radius 3 is 2.69 bits per heavy atom. The number of carbonyl (C=O) groups excluding carboxylic acids is 2. The first kappa shape index (κ1) is 23.0. The maximum Gasteiger partial charge on any atom is 0.319 e. The number of halogens is 1. The van der Waals surface area contributed by atoms with Crippen LogP contribution < -0.4 is 32.4 Å². The zero-order valence-electron chi connectivity index (χ0n) is 16.9. The number of aromatic nitrogens is 2. The number of H-pyrrole nitrogens is 1. The van der Waals surface area contributed by atoms with Gasteiger partial charge in [0.15, 0.2) is 0 Å². The molecule has 0 bridgehead atoms. The summed E-state index contributed by atoms with van der Waals surface area (Å²) in [6, 6.07) is 12.8. The molecule has 0 spiro atoms. The van der Waals surface area contributed by atoms with Crippen molar-refractivity contribution in [3.63, 3.8) is 0 Å². The molecule has 1 aromatic heterocycles. The Hall–Kier alpha value is -3.70. The van der Waals surface area contributed by atoms with Crippen molar-refractivity contribution in [1.29, 1.82) is 0 Å². The van der Waals surface area contributed by atoms with Gasteiger partial charge in [0.2, 0.25) is 0 Å². The van der Waals surface area contributed by atoms with Crippen molar-refractivity contribution < 1.29 is 14.3 Å². The van der Waals surface area contributed by atoms with Gasteiger partial charge in [0.05, 0.1) is 17.8 Å². The highest BCUT2D eigenvalue weighted by atomic mass is 79.9. The highest BCUT2D eigenvalue weighted by Gasteiger charge is 2.13. The van der Waals surface area contributed by atoms with Crippen LogP contribution in [0.1, 0.15) is 27.4 Å². The summed E-state index contributed by atoms with van der Waals surface area (Å²) in [5, 5.41) is 5.16. The van der Waals surface area contributed by atoms with Crippen molar-refractivity contribution in [2.45, 2.75) is 19.7 Å². The molecule has 10 nitrogen and oxygen atoms in total. The maximum absolute atomic E-state index is 12.2. The Labute approximate surface area is 191 Å². The third kappa shape index (κ3) is 6.40. The average Bonchev–Trinajstić information content (AvgIpc) is 2.76. The number of hydrogen-bond donors (Lipinski definition) is 5. The predicted octanol–water partition coefficient (Wildman–Crippen LogP) is 1.99. The van der Waals surface area contributed by atoms with E-state index in [0.29, 0.717) is 17.1 Å². The van der Waals surface area contributed by atoms with Gasteiger partial charge in [-0.05, 0) is 35.9 Å². The Morgan fingerprint density at radius 1 is 1.16 bits per heavy atom. The number of urea groups is 1. The van der Waals surface area contributed by atoms with Gasteiger partial charge in [-0.15, -0.1) is 0 Å². The minimum absolute atomic E-state index is 0.0224. The lowest BCUT2D eigenvalue weighted by Gasteiger charge is -2.13. The molecule has 0 fully saturated rings. The Kier molecular flexibility index (Phi) is 7.58. The van der Waals surface area contributed by atoms with E-state index in [-0.39, 0.29) is 36.6 Å². The second-order valence-corrected chi connectivity index (χ2v) is 7.60. The molecule has 0 aliphatic carbocycles. The summed E-state index contributed by atoms with van der Waals surface area (Å²) in [7, 11) is 0. The van der Waals surface area contributed by atoms with Crippen LogP contribution in [0.15, 0.2) is 57.8 Å². The Balaban J connectivity index is 1.64. The third-order valence-electron chi connectivity index (χ3n) is 4.26. The van der Waals surface area contributed by atoms with Gasteiger partial charge in [-0.3, -0.25) is 9.59 Å². The molecule has 0 radical (unpaired) electrons. The number of nitrogens with one attached hydrogen (secondary N) is 3. The van der Waals surface area contributed by atoms with Crippen molar-refractivity contribution in [3.05, 3.63) is 86.0 Å². The Bertz CT molecular complexity index is 1200. The molecule has 0 atom stereocenters. The monoisotopic (exact) mass is 500 g/mol. The summed E-state index contributed by atoms with van der Waals surface area (Å²) < 4.78 is 6.65. The van der Waals surface area contributed by atoms with Gasteiger partial charge in [-0.25, -0.2) is 9.78 Å². The molecule has 32 heavy (non-hydrogen) atoms.